The Hall–Kier alpha value is -3.71. The van der Waals surface area contributed by atoms with E-state index in [1.54, 1.807) is 0 Å². The Bertz CT molecular complexity index is 1230. The van der Waals surface area contributed by atoms with Crippen LogP contribution in [-0.4, -0.2) is 66.4 Å². The SMILES string of the molecule is COC(=O)C1=C\c2cc(Cl)ccc2OS(=O)(=O)/N=C(C(=O)OC)/C(C(=O)OC)=C\1C(=O)OC. The minimum atomic E-state index is -4.98. The van der Waals surface area contributed by atoms with Gasteiger partial charge in [0.2, 0.25) is 0 Å². The summed E-state index contributed by atoms with van der Waals surface area (Å²) in [6, 6.07) is 3.61. The maximum atomic E-state index is 12.7. The van der Waals surface area contributed by atoms with Crippen molar-refractivity contribution in [2.75, 3.05) is 28.4 Å². The topological polar surface area (TPSA) is 161 Å². The number of halogens is 1. The van der Waals surface area contributed by atoms with Gasteiger partial charge in [0.1, 0.15) is 5.57 Å². The Kier molecular flexibility index (Phi) is 7.95. The van der Waals surface area contributed by atoms with Crippen LogP contribution in [-0.2, 0) is 48.4 Å². The third kappa shape index (κ3) is 5.56. The third-order valence-corrected chi connectivity index (χ3v) is 5.02. The van der Waals surface area contributed by atoms with Crippen molar-refractivity contribution in [2.24, 2.45) is 4.40 Å². The van der Waals surface area contributed by atoms with Gasteiger partial charge in [-0.1, -0.05) is 11.6 Å². The number of hydrogen-bond donors (Lipinski definition) is 0. The van der Waals surface area contributed by atoms with Crippen molar-refractivity contribution in [1.82, 2.24) is 0 Å². The molecule has 1 aliphatic rings. The molecule has 0 unspecified atom stereocenters. The molecular formula is C19H16ClNO11S. The van der Waals surface area contributed by atoms with Gasteiger partial charge in [-0.05, 0) is 24.3 Å². The van der Waals surface area contributed by atoms with E-state index in [4.69, 9.17) is 20.5 Å². The van der Waals surface area contributed by atoms with E-state index in [9.17, 15) is 27.6 Å². The normalized spacial score (nSPS) is 20.4. The summed E-state index contributed by atoms with van der Waals surface area (Å²) in [4.78, 5) is 50.5. The summed E-state index contributed by atoms with van der Waals surface area (Å²) in [6.45, 7) is 0. The molecule has 176 valence electrons. The van der Waals surface area contributed by atoms with Gasteiger partial charge in [0.25, 0.3) is 0 Å². The molecule has 0 spiro atoms. The van der Waals surface area contributed by atoms with Crippen LogP contribution in [0, 0.1) is 0 Å². The van der Waals surface area contributed by atoms with Crippen molar-refractivity contribution in [3.63, 3.8) is 0 Å². The largest absolute Gasteiger partial charge is 0.465 e. The fraction of sp³-hybridized carbons (Fsp3) is 0.211. The van der Waals surface area contributed by atoms with Crippen molar-refractivity contribution in [1.29, 1.82) is 0 Å². The second kappa shape index (κ2) is 10.3. The molecule has 0 atom stereocenters. The molecule has 0 bridgehead atoms. The Morgan fingerprint density at radius 1 is 0.848 bits per heavy atom. The summed E-state index contributed by atoms with van der Waals surface area (Å²) >= 11 is 5.97. The number of hydrogen-bond acceptors (Lipinski definition) is 11. The fourth-order valence-corrected chi connectivity index (χ4v) is 3.59. The van der Waals surface area contributed by atoms with E-state index in [1.807, 2.05) is 0 Å². The highest BCUT2D eigenvalue weighted by Crippen LogP contribution is 2.32. The Labute approximate surface area is 192 Å². The highest BCUT2D eigenvalue weighted by atomic mass is 35.5. The van der Waals surface area contributed by atoms with Crippen LogP contribution in [0.25, 0.3) is 6.08 Å². The van der Waals surface area contributed by atoms with Gasteiger partial charge >= 0.3 is 34.2 Å². The maximum Gasteiger partial charge on any atom is 0.429 e. The summed E-state index contributed by atoms with van der Waals surface area (Å²) in [5.41, 5.74) is -3.90. The van der Waals surface area contributed by atoms with Gasteiger partial charge in [0, 0.05) is 10.6 Å². The molecule has 14 heteroatoms. The first-order valence-electron chi connectivity index (χ1n) is 8.63. The molecule has 0 N–H and O–H groups in total. The number of ether oxygens (including phenoxy) is 4. The molecule has 1 aliphatic heterocycles. The second-order valence-corrected chi connectivity index (χ2v) is 7.55. The first-order valence-corrected chi connectivity index (χ1v) is 10.4. The lowest BCUT2D eigenvalue weighted by atomic mass is 9.94. The minimum Gasteiger partial charge on any atom is -0.465 e. The Balaban J connectivity index is 3.22. The van der Waals surface area contributed by atoms with E-state index in [-0.39, 0.29) is 16.3 Å². The zero-order valence-corrected chi connectivity index (χ0v) is 19.1. The van der Waals surface area contributed by atoms with Gasteiger partial charge < -0.3 is 23.1 Å². The van der Waals surface area contributed by atoms with E-state index in [2.05, 4.69) is 18.6 Å². The third-order valence-electron chi connectivity index (χ3n) is 3.99. The van der Waals surface area contributed by atoms with Gasteiger partial charge in [-0.3, -0.25) is 0 Å². The number of fused-ring (bicyclic) bond motifs is 1. The Morgan fingerprint density at radius 2 is 1.39 bits per heavy atom. The molecule has 1 aromatic rings. The van der Waals surface area contributed by atoms with Crippen LogP contribution < -0.4 is 4.18 Å². The summed E-state index contributed by atoms with van der Waals surface area (Å²) < 4.78 is 51.8. The molecular weight excluding hydrogens is 486 g/mol. The molecule has 0 fully saturated rings. The molecule has 0 amide bonds. The van der Waals surface area contributed by atoms with Crippen molar-refractivity contribution in [3.05, 3.63) is 45.5 Å². The van der Waals surface area contributed by atoms with Crippen molar-refractivity contribution in [2.45, 2.75) is 0 Å². The zero-order valence-electron chi connectivity index (χ0n) is 17.5. The number of nitrogens with zero attached hydrogens (tertiary/aromatic N) is 1. The molecule has 0 saturated carbocycles. The van der Waals surface area contributed by atoms with Crippen LogP contribution in [0.3, 0.4) is 0 Å². The quantitative estimate of drug-likeness (QED) is 0.423. The van der Waals surface area contributed by atoms with E-state index in [0.29, 0.717) is 0 Å². The first kappa shape index (κ1) is 25.5. The zero-order chi connectivity index (χ0) is 24.9. The first-order chi connectivity index (χ1) is 15.5. The van der Waals surface area contributed by atoms with Crippen LogP contribution in [0.2, 0.25) is 5.02 Å². The van der Waals surface area contributed by atoms with E-state index in [0.717, 1.165) is 40.6 Å². The molecule has 1 heterocycles. The van der Waals surface area contributed by atoms with Crippen LogP contribution in [0.1, 0.15) is 5.56 Å². The number of methoxy groups -OCH3 is 4. The lowest BCUT2D eigenvalue weighted by Crippen LogP contribution is -2.31. The lowest BCUT2D eigenvalue weighted by Gasteiger charge is -2.17. The van der Waals surface area contributed by atoms with Gasteiger partial charge in [0.15, 0.2) is 11.5 Å². The monoisotopic (exact) mass is 501 g/mol. The van der Waals surface area contributed by atoms with Gasteiger partial charge in [0.05, 0.1) is 39.6 Å². The van der Waals surface area contributed by atoms with Gasteiger partial charge in [-0.15, -0.1) is 4.40 Å². The van der Waals surface area contributed by atoms with Crippen molar-refractivity contribution >= 4 is 57.6 Å². The summed E-state index contributed by atoms with van der Waals surface area (Å²) in [5, 5.41) is 0.0998. The van der Waals surface area contributed by atoms with Gasteiger partial charge in [-0.2, -0.15) is 8.42 Å². The molecule has 12 nitrogen and oxygen atoms in total. The molecule has 0 radical (unpaired) electrons. The summed E-state index contributed by atoms with van der Waals surface area (Å²) in [6.07, 6.45) is 0.956. The number of rotatable bonds is 4. The standard InChI is InChI=1S/C19H16ClNO11S/c1-28-16(22)11-8-9-7-10(20)5-6-12(9)32-33(26,27)21-15(19(25)31-4)14(18(24)30-3)13(11)17(23)29-2/h5-8H,1-4H3/b11-8-,14-13-,21-15-. The van der Waals surface area contributed by atoms with Crippen LogP contribution >= 0.6 is 11.6 Å². The highest BCUT2D eigenvalue weighted by molar-refractivity contribution is 7.86. The molecule has 0 saturated heterocycles. The number of esters is 4. The maximum absolute atomic E-state index is 12.7. The van der Waals surface area contributed by atoms with Crippen LogP contribution in [0.15, 0.2) is 39.3 Å². The predicted molar refractivity (Wildman–Crippen MR) is 112 cm³/mol. The highest BCUT2D eigenvalue weighted by Gasteiger charge is 2.38. The molecule has 1 aromatic carbocycles. The van der Waals surface area contributed by atoms with Crippen molar-refractivity contribution in [3.8, 4) is 5.75 Å². The van der Waals surface area contributed by atoms with Crippen LogP contribution in [0.4, 0.5) is 0 Å². The molecule has 33 heavy (non-hydrogen) atoms. The number of carbonyl (C=O) groups is 4. The smallest absolute Gasteiger partial charge is 0.429 e. The number of benzene rings is 1. The average Bonchev–Trinajstić information content (AvgIpc) is 2.79. The van der Waals surface area contributed by atoms with Crippen LogP contribution in [0.5, 0.6) is 5.75 Å². The van der Waals surface area contributed by atoms with E-state index >= 15 is 0 Å². The lowest BCUT2D eigenvalue weighted by molar-refractivity contribution is -0.140. The molecule has 2 rings (SSSR count). The molecule has 0 aromatic heterocycles. The number of carbonyl (C=O) groups excluding carboxylic acids is 4. The van der Waals surface area contributed by atoms with Gasteiger partial charge in [-0.25, -0.2) is 19.2 Å². The minimum absolute atomic E-state index is 0.0998. The summed E-state index contributed by atoms with van der Waals surface area (Å²) in [7, 11) is -1.36. The summed E-state index contributed by atoms with van der Waals surface area (Å²) in [5.74, 6) is -5.76. The molecule has 0 aliphatic carbocycles. The predicted octanol–water partition coefficient (Wildman–Crippen LogP) is 0.790. The second-order valence-electron chi connectivity index (χ2n) is 5.91. The van der Waals surface area contributed by atoms with E-state index < -0.39 is 56.6 Å². The Morgan fingerprint density at radius 3 is 1.94 bits per heavy atom. The van der Waals surface area contributed by atoms with E-state index in [1.165, 1.54) is 12.1 Å². The average molecular weight is 502 g/mol. The van der Waals surface area contributed by atoms with Crippen molar-refractivity contribution < 1.29 is 50.7 Å². The fourth-order valence-electron chi connectivity index (χ4n) is 2.60.